The van der Waals surface area contributed by atoms with Gasteiger partial charge < -0.3 is 10.5 Å². The third kappa shape index (κ3) is 3.90. The van der Waals surface area contributed by atoms with Crippen LogP contribution >= 0.6 is 27.3 Å². The molecule has 2 aromatic carbocycles. The summed E-state index contributed by atoms with van der Waals surface area (Å²) in [5.41, 5.74) is 5.14. The van der Waals surface area contributed by atoms with Crippen LogP contribution in [0, 0.1) is 0 Å². The highest BCUT2D eigenvalue weighted by Gasteiger charge is 2.10. The first-order valence-electron chi connectivity index (χ1n) is 6.89. The molecule has 0 saturated carbocycles. The number of ether oxygens (including phenoxy) is 1. The van der Waals surface area contributed by atoms with Gasteiger partial charge in [0.1, 0.15) is 10.6 Å². The number of halogens is 1. The molecule has 2 amide bonds. The Morgan fingerprint density at radius 3 is 2.71 bits per heavy atom. The predicted octanol–water partition coefficient (Wildman–Crippen LogP) is 3.18. The van der Waals surface area contributed by atoms with E-state index in [-0.39, 0.29) is 17.4 Å². The minimum absolute atomic E-state index is 0.159. The van der Waals surface area contributed by atoms with Crippen LogP contribution in [0.1, 0.15) is 9.67 Å². The summed E-state index contributed by atoms with van der Waals surface area (Å²) < 4.78 is 6.50. The van der Waals surface area contributed by atoms with Crippen molar-refractivity contribution in [1.82, 2.24) is 4.98 Å². The van der Waals surface area contributed by atoms with Gasteiger partial charge in [-0.2, -0.15) is 0 Å². The van der Waals surface area contributed by atoms with Gasteiger partial charge in [-0.05, 0) is 35.0 Å². The van der Waals surface area contributed by atoms with Crippen molar-refractivity contribution in [3.05, 3.63) is 51.9 Å². The standard InChI is InChI=1S/C16H12BrN3O3S/c17-11-3-1-10-6-12(4-2-9(10)5-11)23-8-14(21)20-16-19-7-13(24-16)15(18)22/h1-7H,8H2,(H2,18,22)(H,19,20,21). The number of rotatable bonds is 5. The lowest BCUT2D eigenvalue weighted by Gasteiger charge is -2.07. The minimum Gasteiger partial charge on any atom is -0.484 e. The summed E-state index contributed by atoms with van der Waals surface area (Å²) in [4.78, 5) is 27.1. The molecule has 8 heteroatoms. The Morgan fingerprint density at radius 1 is 1.21 bits per heavy atom. The van der Waals surface area contributed by atoms with Crippen molar-refractivity contribution < 1.29 is 14.3 Å². The van der Waals surface area contributed by atoms with E-state index in [2.05, 4.69) is 26.2 Å². The van der Waals surface area contributed by atoms with Gasteiger partial charge in [0.05, 0.1) is 6.20 Å². The summed E-state index contributed by atoms with van der Waals surface area (Å²) in [5.74, 6) is -0.347. The number of thiazole rings is 1. The van der Waals surface area contributed by atoms with Gasteiger partial charge in [0.15, 0.2) is 11.7 Å². The topological polar surface area (TPSA) is 94.3 Å². The molecular weight excluding hydrogens is 394 g/mol. The SMILES string of the molecule is NC(=O)c1cnc(NC(=O)COc2ccc3cc(Br)ccc3c2)s1. The lowest BCUT2D eigenvalue weighted by atomic mass is 10.1. The second-order valence-corrected chi connectivity index (χ2v) is 6.83. The highest BCUT2D eigenvalue weighted by molar-refractivity contribution is 9.10. The normalized spacial score (nSPS) is 10.5. The molecule has 0 saturated heterocycles. The summed E-state index contributed by atoms with van der Waals surface area (Å²) in [6, 6.07) is 11.5. The first-order valence-corrected chi connectivity index (χ1v) is 8.50. The fourth-order valence-electron chi connectivity index (χ4n) is 2.03. The third-order valence-corrected chi connectivity index (χ3v) is 4.56. The van der Waals surface area contributed by atoms with Crippen molar-refractivity contribution in [3.63, 3.8) is 0 Å². The van der Waals surface area contributed by atoms with Crippen LogP contribution in [0.3, 0.4) is 0 Å². The van der Waals surface area contributed by atoms with Crippen LogP contribution in [0.15, 0.2) is 47.1 Å². The van der Waals surface area contributed by atoms with Crippen molar-refractivity contribution in [2.24, 2.45) is 5.73 Å². The predicted molar refractivity (Wildman–Crippen MR) is 96.4 cm³/mol. The number of nitrogens with two attached hydrogens (primary N) is 1. The maximum Gasteiger partial charge on any atom is 0.264 e. The zero-order chi connectivity index (χ0) is 17.1. The monoisotopic (exact) mass is 405 g/mol. The van der Waals surface area contributed by atoms with E-state index in [0.29, 0.717) is 10.9 Å². The smallest absolute Gasteiger partial charge is 0.264 e. The molecule has 0 atom stereocenters. The number of carbonyl (C=O) groups excluding carboxylic acids is 2. The number of fused-ring (bicyclic) bond motifs is 1. The number of nitrogens with one attached hydrogen (secondary N) is 1. The number of aromatic nitrogens is 1. The van der Waals surface area contributed by atoms with Gasteiger partial charge >= 0.3 is 0 Å². The quantitative estimate of drug-likeness (QED) is 0.681. The number of primary amides is 1. The Balaban J connectivity index is 1.61. The average Bonchev–Trinajstić information content (AvgIpc) is 3.01. The molecule has 0 aliphatic carbocycles. The van der Waals surface area contributed by atoms with Crippen LogP contribution in [0.5, 0.6) is 5.75 Å². The van der Waals surface area contributed by atoms with Crippen molar-refractivity contribution in [3.8, 4) is 5.75 Å². The molecule has 0 spiro atoms. The van der Waals surface area contributed by atoms with Gasteiger partial charge in [0, 0.05) is 4.47 Å². The Morgan fingerprint density at radius 2 is 1.96 bits per heavy atom. The van der Waals surface area contributed by atoms with Gasteiger partial charge in [0.2, 0.25) is 0 Å². The van der Waals surface area contributed by atoms with E-state index in [9.17, 15) is 9.59 Å². The Labute approximate surface area is 149 Å². The van der Waals surface area contributed by atoms with Crippen LogP contribution in [-0.4, -0.2) is 23.4 Å². The number of hydrogen-bond acceptors (Lipinski definition) is 5. The zero-order valence-electron chi connectivity index (χ0n) is 12.3. The Bertz CT molecular complexity index is 926. The minimum atomic E-state index is -0.577. The second kappa shape index (κ2) is 6.98. The molecule has 0 fully saturated rings. The van der Waals surface area contributed by atoms with E-state index < -0.39 is 5.91 Å². The maximum absolute atomic E-state index is 11.9. The Kier molecular flexibility index (Phi) is 4.77. The summed E-state index contributed by atoms with van der Waals surface area (Å²) in [7, 11) is 0. The third-order valence-electron chi connectivity index (χ3n) is 3.14. The highest BCUT2D eigenvalue weighted by Crippen LogP contribution is 2.24. The first kappa shape index (κ1) is 16.4. The van der Waals surface area contributed by atoms with E-state index in [0.717, 1.165) is 26.6 Å². The molecule has 3 aromatic rings. The van der Waals surface area contributed by atoms with Crippen molar-refractivity contribution >= 4 is 55.0 Å². The van der Waals surface area contributed by atoms with Crippen LogP contribution in [0.2, 0.25) is 0 Å². The largest absolute Gasteiger partial charge is 0.484 e. The molecule has 24 heavy (non-hydrogen) atoms. The molecule has 1 heterocycles. The number of nitrogens with zero attached hydrogens (tertiary/aromatic N) is 1. The molecular formula is C16H12BrN3O3S. The van der Waals surface area contributed by atoms with E-state index in [1.807, 2.05) is 30.3 Å². The molecule has 0 radical (unpaired) electrons. The van der Waals surface area contributed by atoms with E-state index >= 15 is 0 Å². The van der Waals surface area contributed by atoms with Crippen molar-refractivity contribution in [2.45, 2.75) is 0 Å². The average molecular weight is 406 g/mol. The van der Waals surface area contributed by atoms with Crippen molar-refractivity contribution in [1.29, 1.82) is 0 Å². The van der Waals surface area contributed by atoms with Crippen LogP contribution in [0.4, 0.5) is 5.13 Å². The van der Waals surface area contributed by atoms with E-state index in [4.69, 9.17) is 10.5 Å². The van der Waals surface area contributed by atoms with E-state index in [1.165, 1.54) is 6.20 Å². The lowest BCUT2D eigenvalue weighted by molar-refractivity contribution is -0.118. The lowest BCUT2D eigenvalue weighted by Crippen LogP contribution is -2.20. The second-order valence-electron chi connectivity index (χ2n) is 4.88. The van der Waals surface area contributed by atoms with Gasteiger partial charge in [-0.25, -0.2) is 4.98 Å². The Hall–Kier alpha value is -2.45. The van der Waals surface area contributed by atoms with Gasteiger partial charge in [-0.1, -0.05) is 39.4 Å². The summed E-state index contributed by atoms with van der Waals surface area (Å²) in [5, 5.41) is 4.96. The molecule has 0 aliphatic heterocycles. The molecule has 0 unspecified atom stereocenters. The summed E-state index contributed by atoms with van der Waals surface area (Å²) in [6.07, 6.45) is 1.32. The number of benzene rings is 2. The molecule has 0 bridgehead atoms. The summed E-state index contributed by atoms with van der Waals surface area (Å²) >= 11 is 4.44. The molecule has 122 valence electrons. The van der Waals surface area contributed by atoms with Gasteiger partial charge in [0.25, 0.3) is 11.8 Å². The fourth-order valence-corrected chi connectivity index (χ4v) is 3.10. The number of hydrogen-bond donors (Lipinski definition) is 2. The number of amides is 2. The fraction of sp³-hybridized carbons (Fsp3) is 0.0625. The summed E-state index contributed by atoms with van der Waals surface area (Å²) in [6.45, 7) is -0.159. The van der Waals surface area contributed by atoms with Gasteiger partial charge in [-0.15, -0.1) is 0 Å². The molecule has 3 rings (SSSR count). The first-order chi connectivity index (χ1) is 11.5. The highest BCUT2D eigenvalue weighted by atomic mass is 79.9. The molecule has 0 aliphatic rings. The maximum atomic E-state index is 11.9. The van der Waals surface area contributed by atoms with Crippen molar-refractivity contribution in [2.75, 3.05) is 11.9 Å². The zero-order valence-corrected chi connectivity index (χ0v) is 14.7. The molecule has 3 N–H and O–H groups in total. The van der Waals surface area contributed by atoms with Crippen LogP contribution < -0.4 is 15.8 Å². The van der Waals surface area contributed by atoms with Gasteiger partial charge in [-0.3, -0.25) is 14.9 Å². The van der Waals surface area contributed by atoms with Crippen LogP contribution in [0.25, 0.3) is 10.8 Å². The molecule has 1 aromatic heterocycles. The number of anilines is 1. The van der Waals surface area contributed by atoms with E-state index in [1.54, 1.807) is 6.07 Å². The molecule has 6 nitrogen and oxygen atoms in total. The van der Waals surface area contributed by atoms with Crippen LogP contribution in [-0.2, 0) is 4.79 Å². The number of carbonyl (C=O) groups is 2.